The number of rotatable bonds is 3. The monoisotopic (exact) mass is 233 g/mol. The molecule has 4 nitrogen and oxygen atoms in total. The summed E-state index contributed by atoms with van der Waals surface area (Å²) in [5.74, 6) is 0.512. The Kier molecular flexibility index (Phi) is 3.11. The normalized spacial score (nSPS) is 13.2. The summed E-state index contributed by atoms with van der Waals surface area (Å²) in [7, 11) is 1.67. The summed E-state index contributed by atoms with van der Waals surface area (Å²) in [5.41, 5.74) is 5.55. The van der Waals surface area contributed by atoms with E-state index in [9.17, 15) is 0 Å². The molecule has 0 aliphatic heterocycles. The largest absolute Gasteiger partial charge is 0.382 e. The molecule has 1 heterocycles. The summed E-state index contributed by atoms with van der Waals surface area (Å²) in [6.45, 7) is 2.65. The fourth-order valence-corrected chi connectivity index (χ4v) is 1.22. The number of methoxy groups -OCH3 is 1. The Labute approximate surface area is 79.8 Å². The molecule has 0 radical (unpaired) electrons. The van der Waals surface area contributed by atoms with Gasteiger partial charge in [0.2, 0.25) is 0 Å². The van der Waals surface area contributed by atoms with Crippen LogP contribution in [0.25, 0.3) is 0 Å². The number of hydrogen-bond donors (Lipinski definition) is 1. The van der Waals surface area contributed by atoms with Crippen LogP contribution in [0, 0.1) is 0 Å². The minimum absolute atomic E-state index is 0.212. The van der Waals surface area contributed by atoms with Gasteiger partial charge in [0.25, 0.3) is 0 Å². The zero-order valence-corrected chi connectivity index (χ0v) is 8.71. The van der Waals surface area contributed by atoms with Crippen molar-refractivity contribution in [2.75, 3.05) is 19.5 Å². The highest BCUT2D eigenvalue weighted by Crippen LogP contribution is 2.18. The zero-order chi connectivity index (χ0) is 9.14. The van der Waals surface area contributed by atoms with Gasteiger partial charge in [-0.05, 0) is 22.9 Å². The first kappa shape index (κ1) is 9.54. The highest BCUT2D eigenvalue weighted by Gasteiger charge is 2.07. The Morgan fingerprint density at radius 3 is 2.92 bits per heavy atom. The summed E-state index contributed by atoms with van der Waals surface area (Å²) >= 11 is 3.29. The highest BCUT2D eigenvalue weighted by molar-refractivity contribution is 9.10. The summed E-state index contributed by atoms with van der Waals surface area (Å²) < 4.78 is 7.60. The molecular weight excluding hydrogens is 222 g/mol. The lowest BCUT2D eigenvalue weighted by Crippen LogP contribution is -2.11. The molecular formula is C7H12BrN3O. The van der Waals surface area contributed by atoms with Crippen molar-refractivity contribution < 1.29 is 4.74 Å². The number of nitrogens with zero attached hydrogens (tertiary/aromatic N) is 2. The number of anilines is 1. The second-order valence-corrected chi connectivity index (χ2v) is 3.50. The molecule has 0 aliphatic carbocycles. The fraction of sp³-hybridized carbons (Fsp3) is 0.571. The van der Waals surface area contributed by atoms with Gasteiger partial charge in [0.15, 0.2) is 5.82 Å². The standard InChI is InChI=1S/C7H12BrN3O/c1-5(4-12-2)11-3-6(8)7(9)10-11/h3,5H,4H2,1-2H3,(H2,9,10). The van der Waals surface area contributed by atoms with Gasteiger partial charge < -0.3 is 10.5 Å². The van der Waals surface area contributed by atoms with E-state index in [1.54, 1.807) is 11.8 Å². The second kappa shape index (κ2) is 3.91. The second-order valence-electron chi connectivity index (χ2n) is 2.65. The molecule has 2 N–H and O–H groups in total. The summed E-state index contributed by atoms with van der Waals surface area (Å²) in [6, 6.07) is 0.212. The van der Waals surface area contributed by atoms with Crippen LogP contribution in [-0.2, 0) is 4.74 Å². The average molecular weight is 234 g/mol. The van der Waals surface area contributed by atoms with Crippen LogP contribution in [0.15, 0.2) is 10.7 Å². The van der Waals surface area contributed by atoms with Gasteiger partial charge in [-0.1, -0.05) is 0 Å². The topological polar surface area (TPSA) is 53.1 Å². The van der Waals surface area contributed by atoms with Gasteiger partial charge in [0, 0.05) is 13.3 Å². The molecule has 12 heavy (non-hydrogen) atoms. The molecule has 0 aliphatic rings. The van der Waals surface area contributed by atoms with Gasteiger partial charge >= 0.3 is 0 Å². The van der Waals surface area contributed by atoms with E-state index in [4.69, 9.17) is 10.5 Å². The maximum absolute atomic E-state index is 5.55. The quantitative estimate of drug-likeness (QED) is 0.860. The van der Waals surface area contributed by atoms with Crippen LogP contribution >= 0.6 is 15.9 Å². The number of aromatic nitrogens is 2. The Balaban J connectivity index is 2.74. The molecule has 1 aromatic heterocycles. The van der Waals surface area contributed by atoms with Crippen molar-refractivity contribution in [3.05, 3.63) is 10.7 Å². The first-order valence-electron chi connectivity index (χ1n) is 3.64. The Bertz CT molecular complexity index is 242. The van der Waals surface area contributed by atoms with Crippen LogP contribution in [0.2, 0.25) is 0 Å². The van der Waals surface area contributed by atoms with E-state index in [1.165, 1.54) is 0 Å². The van der Waals surface area contributed by atoms with E-state index >= 15 is 0 Å². The molecule has 0 spiro atoms. The van der Waals surface area contributed by atoms with Crippen LogP contribution in [0.5, 0.6) is 0 Å². The van der Waals surface area contributed by atoms with E-state index in [2.05, 4.69) is 21.0 Å². The summed E-state index contributed by atoms with van der Waals surface area (Å²) in [5, 5.41) is 4.10. The molecule has 1 atom stereocenters. The molecule has 0 fully saturated rings. The maximum atomic E-state index is 5.55. The van der Waals surface area contributed by atoms with E-state index in [0.29, 0.717) is 12.4 Å². The van der Waals surface area contributed by atoms with Gasteiger partial charge in [-0.15, -0.1) is 0 Å². The van der Waals surface area contributed by atoms with Crippen molar-refractivity contribution in [2.45, 2.75) is 13.0 Å². The van der Waals surface area contributed by atoms with Gasteiger partial charge in [0.1, 0.15) is 0 Å². The predicted molar refractivity (Wildman–Crippen MR) is 50.9 cm³/mol. The Hall–Kier alpha value is -0.550. The van der Waals surface area contributed by atoms with Crippen molar-refractivity contribution >= 4 is 21.7 Å². The third-order valence-corrected chi connectivity index (χ3v) is 2.18. The van der Waals surface area contributed by atoms with Crippen molar-refractivity contribution in [2.24, 2.45) is 0 Å². The van der Waals surface area contributed by atoms with Gasteiger partial charge in [-0.2, -0.15) is 5.10 Å². The maximum Gasteiger partial charge on any atom is 0.159 e. The lowest BCUT2D eigenvalue weighted by Gasteiger charge is -2.09. The molecule has 0 aromatic carbocycles. The van der Waals surface area contributed by atoms with E-state index < -0.39 is 0 Å². The summed E-state index contributed by atoms with van der Waals surface area (Å²) in [4.78, 5) is 0. The molecule has 0 saturated carbocycles. The van der Waals surface area contributed by atoms with Crippen molar-refractivity contribution in [1.82, 2.24) is 9.78 Å². The molecule has 0 saturated heterocycles. The summed E-state index contributed by atoms with van der Waals surface area (Å²) in [6.07, 6.45) is 1.85. The fourth-order valence-electron chi connectivity index (χ4n) is 0.927. The Morgan fingerprint density at radius 1 is 1.83 bits per heavy atom. The predicted octanol–water partition coefficient (Wildman–Crippen LogP) is 1.44. The SMILES string of the molecule is COCC(C)n1cc(Br)c(N)n1. The molecule has 0 bridgehead atoms. The Morgan fingerprint density at radius 2 is 2.50 bits per heavy atom. The number of ether oxygens (including phenoxy) is 1. The smallest absolute Gasteiger partial charge is 0.159 e. The molecule has 5 heteroatoms. The minimum Gasteiger partial charge on any atom is -0.382 e. The van der Waals surface area contributed by atoms with Gasteiger partial charge in [0.05, 0.1) is 17.1 Å². The third kappa shape index (κ3) is 1.98. The number of nitrogens with two attached hydrogens (primary N) is 1. The van der Waals surface area contributed by atoms with Crippen molar-refractivity contribution in [3.63, 3.8) is 0 Å². The lowest BCUT2D eigenvalue weighted by molar-refractivity contribution is 0.157. The number of nitrogen functional groups attached to an aromatic ring is 1. The lowest BCUT2D eigenvalue weighted by atomic mass is 10.4. The van der Waals surface area contributed by atoms with Crippen molar-refractivity contribution in [3.8, 4) is 0 Å². The highest BCUT2D eigenvalue weighted by atomic mass is 79.9. The van der Waals surface area contributed by atoms with E-state index in [-0.39, 0.29) is 6.04 Å². The van der Waals surface area contributed by atoms with Gasteiger partial charge in [-0.3, -0.25) is 4.68 Å². The zero-order valence-electron chi connectivity index (χ0n) is 7.12. The molecule has 1 unspecified atom stereocenters. The van der Waals surface area contributed by atoms with Crippen LogP contribution in [-0.4, -0.2) is 23.5 Å². The van der Waals surface area contributed by atoms with Crippen LogP contribution in [0.1, 0.15) is 13.0 Å². The van der Waals surface area contributed by atoms with Crippen LogP contribution in [0.3, 0.4) is 0 Å². The minimum atomic E-state index is 0.212. The molecule has 68 valence electrons. The van der Waals surface area contributed by atoms with E-state index in [1.807, 2.05) is 13.1 Å². The molecule has 1 rings (SSSR count). The number of halogens is 1. The average Bonchev–Trinajstić information content (AvgIpc) is 2.33. The molecule has 0 amide bonds. The van der Waals surface area contributed by atoms with Crippen LogP contribution in [0.4, 0.5) is 5.82 Å². The third-order valence-electron chi connectivity index (χ3n) is 1.57. The van der Waals surface area contributed by atoms with Crippen LogP contribution < -0.4 is 5.73 Å². The first-order chi connectivity index (χ1) is 5.65. The van der Waals surface area contributed by atoms with Crippen molar-refractivity contribution in [1.29, 1.82) is 0 Å². The van der Waals surface area contributed by atoms with Gasteiger partial charge in [-0.25, -0.2) is 0 Å². The van der Waals surface area contributed by atoms with E-state index in [0.717, 1.165) is 4.47 Å². The first-order valence-corrected chi connectivity index (χ1v) is 4.43. The molecule has 1 aromatic rings. The number of hydrogen-bond acceptors (Lipinski definition) is 3.